The Morgan fingerprint density at radius 1 is 0.774 bits per heavy atom. The van der Waals surface area contributed by atoms with Crippen LogP contribution < -0.4 is 0 Å². The fourth-order valence-corrected chi connectivity index (χ4v) is 4.78. The third-order valence-electron chi connectivity index (χ3n) is 6.34. The Bertz CT molecular complexity index is 1110. The van der Waals surface area contributed by atoms with E-state index in [1.54, 1.807) is 12.1 Å². The first-order valence-electron chi connectivity index (χ1n) is 10.9. The molecular formula is C26H24N2O3. The van der Waals surface area contributed by atoms with Gasteiger partial charge in [-0.25, -0.2) is 0 Å². The number of amides is 3. The van der Waals surface area contributed by atoms with E-state index in [9.17, 15) is 14.4 Å². The Morgan fingerprint density at radius 3 is 2.00 bits per heavy atom. The zero-order valence-electron chi connectivity index (χ0n) is 17.3. The van der Waals surface area contributed by atoms with Gasteiger partial charge in [0.25, 0.3) is 11.8 Å². The molecule has 0 aromatic heterocycles. The molecule has 0 aliphatic carbocycles. The molecule has 1 atom stereocenters. The Kier molecular flexibility index (Phi) is 5.02. The van der Waals surface area contributed by atoms with Crippen molar-refractivity contribution in [3.63, 3.8) is 0 Å². The van der Waals surface area contributed by atoms with Crippen LogP contribution in [0.25, 0.3) is 10.8 Å². The van der Waals surface area contributed by atoms with Crippen molar-refractivity contribution in [3.8, 4) is 0 Å². The van der Waals surface area contributed by atoms with Crippen LogP contribution in [0.2, 0.25) is 0 Å². The molecule has 1 fully saturated rings. The van der Waals surface area contributed by atoms with Gasteiger partial charge in [-0.2, -0.15) is 0 Å². The molecule has 0 N–H and O–H groups in total. The normalized spacial score (nSPS) is 17.2. The molecular weight excluding hydrogens is 388 g/mol. The van der Waals surface area contributed by atoms with Gasteiger partial charge in [-0.15, -0.1) is 0 Å². The summed E-state index contributed by atoms with van der Waals surface area (Å²) in [7, 11) is 0. The predicted molar refractivity (Wildman–Crippen MR) is 119 cm³/mol. The highest BCUT2D eigenvalue weighted by Crippen LogP contribution is 2.32. The Balaban J connectivity index is 1.59. The number of benzene rings is 3. The summed E-state index contributed by atoms with van der Waals surface area (Å²) >= 11 is 0. The lowest BCUT2D eigenvalue weighted by atomic mass is 9.91. The van der Waals surface area contributed by atoms with Crippen molar-refractivity contribution in [2.75, 3.05) is 13.1 Å². The van der Waals surface area contributed by atoms with E-state index in [2.05, 4.69) is 0 Å². The molecule has 0 unspecified atom stereocenters. The number of hydrogen-bond donors (Lipinski definition) is 0. The molecule has 5 heteroatoms. The number of nitrogens with zero attached hydrogens (tertiary/aromatic N) is 2. The van der Waals surface area contributed by atoms with Crippen molar-refractivity contribution >= 4 is 28.5 Å². The summed E-state index contributed by atoms with van der Waals surface area (Å²) in [6.07, 6.45) is 3.32. The van der Waals surface area contributed by atoms with Crippen molar-refractivity contribution in [1.82, 2.24) is 9.80 Å². The van der Waals surface area contributed by atoms with E-state index < -0.39 is 6.04 Å². The lowest BCUT2D eigenvalue weighted by Gasteiger charge is -2.37. The highest BCUT2D eigenvalue weighted by molar-refractivity contribution is 6.26. The molecule has 31 heavy (non-hydrogen) atoms. The van der Waals surface area contributed by atoms with Gasteiger partial charge in [0.15, 0.2) is 0 Å². The minimum Gasteiger partial charge on any atom is -0.341 e. The van der Waals surface area contributed by atoms with Crippen LogP contribution in [-0.4, -0.2) is 46.7 Å². The maximum Gasteiger partial charge on any atom is 0.262 e. The number of piperidine rings is 1. The van der Waals surface area contributed by atoms with Crippen molar-refractivity contribution in [1.29, 1.82) is 0 Å². The predicted octanol–water partition coefficient (Wildman–Crippen LogP) is 4.06. The second-order valence-electron chi connectivity index (χ2n) is 8.28. The smallest absolute Gasteiger partial charge is 0.262 e. The maximum absolute atomic E-state index is 13.6. The summed E-state index contributed by atoms with van der Waals surface area (Å²) in [5.74, 6) is -0.919. The number of hydrogen-bond acceptors (Lipinski definition) is 3. The highest BCUT2D eigenvalue weighted by Gasteiger charge is 2.42. The quantitative estimate of drug-likeness (QED) is 0.607. The van der Waals surface area contributed by atoms with E-state index in [0.29, 0.717) is 36.0 Å². The number of carbonyl (C=O) groups excluding carboxylic acids is 3. The van der Waals surface area contributed by atoms with E-state index >= 15 is 0 Å². The van der Waals surface area contributed by atoms with Crippen LogP contribution in [0.4, 0.5) is 0 Å². The summed E-state index contributed by atoms with van der Waals surface area (Å²) in [5, 5.41) is 1.54. The standard InChI is InChI=1S/C26H24N2O3/c29-24-20-13-7-11-19-12-8-14-21(23(19)20)25(30)28(24)22(17-18-9-3-1-4-10-18)26(31)27-15-5-2-6-16-27/h1,3-4,7-14,22H,2,5-6,15-17H2/t22-/m0/s1. The number of imide groups is 1. The Hall–Kier alpha value is -3.47. The molecule has 0 spiro atoms. The van der Waals surface area contributed by atoms with Crippen LogP contribution in [-0.2, 0) is 11.2 Å². The molecule has 5 nitrogen and oxygen atoms in total. The van der Waals surface area contributed by atoms with Crippen molar-refractivity contribution < 1.29 is 14.4 Å². The monoisotopic (exact) mass is 412 g/mol. The maximum atomic E-state index is 13.6. The van der Waals surface area contributed by atoms with Gasteiger partial charge < -0.3 is 4.90 Å². The fourth-order valence-electron chi connectivity index (χ4n) is 4.78. The highest BCUT2D eigenvalue weighted by atomic mass is 16.2. The van der Waals surface area contributed by atoms with Crippen molar-refractivity contribution in [2.45, 2.75) is 31.7 Å². The van der Waals surface area contributed by atoms with E-state index in [4.69, 9.17) is 0 Å². The molecule has 3 aromatic rings. The molecule has 1 saturated heterocycles. The van der Waals surface area contributed by atoms with Crippen LogP contribution in [0.5, 0.6) is 0 Å². The molecule has 0 saturated carbocycles. The number of carbonyl (C=O) groups is 3. The Morgan fingerprint density at radius 2 is 1.39 bits per heavy atom. The number of rotatable bonds is 4. The molecule has 2 aliphatic rings. The van der Waals surface area contributed by atoms with Gasteiger partial charge >= 0.3 is 0 Å². The summed E-state index contributed by atoms with van der Waals surface area (Å²) in [6.45, 7) is 1.35. The topological polar surface area (TPSA) is 57.7 Å². The number of likely N-dealkylation sites (tertiary alicyclic amines) is 1. The van der Waals surface area contributed by atoms with Crippen LogP contribution >= 0.6 is 0 Å². The van der Waals surface area contributed by atoms with Gasteiger partial charge in [-0.3, -0.25) is 19.3 Å². The third kappa shape index (κ3) is 3.40. The van der Waals surface area contributed by atoms with Crippen LogP contribution in [0.15, 0.2) is 66.7 Å². The summed E-state index contributed by atoms with van der Waals surface area (Å²) < 4.78 is 0. The average Bonchev–Trinajstić information content (AvgIpc) is 2.82. The largest absolute Gasteiger partial charge is 0.341 e. The van der Waals surface area contributed by atoms with Gasteiger partial charge in [0, 0.05) is 36.0 Å². The average molecular weight is 412 g/mol. The van der Waals surface area contributed by atoms with Gasteiger partial charge in [0.1, 0.15) is 6.04 Å². The fraction of sp³-hybridized carbons (Fsp3) is 0.269. The van der Waals surface area contributed by atoms with Crippen LogP contribution in [0.1, 0.15) is 45.5 Å². The van der Waals surface area contributed by atoms with Crippen molar-refractivity contribution in [2.24, 2.45) is 0 Å². The second-order valence-corrected chi connectivity index (χ2v) is 8.28. The van der Waals surface area contributed by atoms with Gasteiger partial charge in [-0.1, -0.05) is 54.6 Å². The van der Waals surface area contributed by atoms with Gasteiger partial charge in [0.2, 0.25) is 5.91 Å². The molecule has 5 rings (SSSR count). The first-order valence-corrected chi connectivity index (χ1v) is 10.9. The molecule has 3 amide bonds. The van der Waals surface area contributed by atoms with E-state index in [1.807, 2.05) is 59.5 Å². The van der Waals surface area contributed by atoms with Crippen LogP contribution in [0.3, 0.4) is 0 Å². The van der Waals surface area contributed by atoms with E-state index in [1.165, 1.54) is 4.90 Å². The summed E-state index contributed by atoms with van der Waals surface area (Å²) in [6, 6.07) is 19.7. The minimum atomic E-state index is -0.857. The zero-order valence-corrected chi connectivity index (χ0v) is 17.3. The zero-order chi connectivity index (χ0) is 21.4. The first-order chi connectivity index (χ1) is 15.1. The lowest BCUT2D eigenvalue weighted by molar-refractivity contribution is -0.136. The SMILES string of the molecule is O=C([C@H](Cc1ccccc1)N1C(=O)c2cccc3cccc(c23)C1=O)N1CCCCC1. The second kappa shape index (κ2) is 7.99. The lowest BCUT2D eigenvalue weighted by Crippen LogP contribution is -2.56. The summed E-state index contributed by atoms with van der Waals surface area (Å²) in [5.41, 5.74) is 1.89. The molecule has 2 aliphatic heterocycles. The Labute approximate surface area is 181 Å². The van der Waals surface area contributed by atoms with Gasteiger partial charge in [0.05, 0.1) is 0 Å². The molecule has 0 bridgehead atoms. The third-order valence-corrected chi connectivity index (χ3v) is 6.34. The van der Waals surface area contributed by atoms with E-state index in [-0.39, 0.29) is 17.7 Å². The molecule has 156 valence electrons. The van der Waals surface area contributed by atoms with Crippen LogP contribution in [0, 0.1) is 0 Å². The summed E-state index contributed by atoms with van der Waals surface area (Å²) in [4.78, 5) is 43.8. The minimum absolute atomic E-state index is 0.142. The van der Waals surface area contributed by atoms with Crippen molar-refractivity contribution in [3.05, 3.63) is 83.4 Å². The van der Waals surface area contributed by atoms with E-state index in [0.717, 1.165) is 30.2 Å². The molecule has 3 aromatic carbocycles. The van der Waals surface area contributed by atoms with Gasteiger partial charge in [-0.05, 0) is 42.3 Å². The molecule has 0 radical (unpaired) electrons. The molecule has 2 heterocycles. The first kappa shape index (κ1) is 19.5.